The first-order chi connectivity index (χ1) is 13.3. The van der Waals surface area contributed by atoms with E-state index in [9.17, 15) is 17.6 Å². The van der Waals surface area contributed by atoms with Crippen LogP contribution >= 0.6 is 0 Å². The highest BCUT2D eigenvalue weighted by molar-refractivity contribution is 7.89. The van der Waals surface area contributed by atoms with Gasteiger partial charge in [-0.1, -0.05) is 12.1 Å². The lowest BCUT2D eigenvalue weighted by molar-refractivity contribution is 0.0950. The van der Waals surface area contributed by atoms with Crippen molar-refractivity contribution in [3.8, 4) is 0 Å². The zero-order chi connectivity index (χ0) is 20.1. The lowest BCUT2D eigenvalue weighted by atomic mass is 10.1. The molecule has 1 heterocycles. The molecule has 0 saturated carbocycles. The van der Waals surface area contributed by atoms with Gasteiger partial charge in [-0.2, -0.15) is 0 Å². The molecular weight excluding hydrogens is 383 g/mol. The molecule has 0 aliphatic carbocycles. The predicted octanol–water partition coefficient (Wildman–Crippen LogP) is 3.14. The molecule has 0 aliphatic rings. The maximum Gasteiger partial charge on any atom is 0.251 e. The standard InChI is InChI=1S/C20H19FN2O4S/c1-14-4-5-15(11-19(14)21)12-22-20(24)16-6-8-18(9-7-16)28(25,26)23-13-17-3-2-10-27-17/h2-11,23H,12-13H2,1H3,(H,22,24). The normalized spacial score (nSPS) is 11.4. The fourth-order valence-electron chi connectivity index (χ4n) is 2.48. The summed E-state index contributed by atoms with van der Waals surface area (Å²) in [5, 5.41) is 2.68. The van der Waals surface area contributed by atoms with Crippen LogP contribution in [0.3, 0.4) is 0 Å². The van der Waals surface area contributed by atoms with Gasteiger partial charge < -0.3 is 9.73 Å². The number of hydrogen-bond acceptors (Lipinski definition) is 4. The molecule has 0 fully saturated rings. The number of hydrogen-bond donors (Lipinski definition) is 2. The smallest absolute Gasteiger partial charge is 0.251 e. The summed E-state index contributed by atoms with van der Waals surface area (Å²) in [6.45, 7) is 1.86. The first-order valence-electron chi connectivity index (χ1n) is 8.50. The van der Waals surface area contributed by atoms with Crippen LogP contribution in [0.1, 0.15) is 27.2 Å². The number of amides is 1. The van der Waals surface area contributed by atoms with E-state index in [1.807, 2.05) is 0 Å². The van der Waals surface area contributed by atoms with Gasteiger partial charge in [0, 0.05) is 12.1 Å². The van der Waals surface area contributed by atoms with Crippen LogP contribution in [-0.4, -0.2) is 14.3 Å². The Balaban J connectivity index is 1.61. The van der Waals surface area contributed by atoms with Gasteiger partial charge >= 0.3 is 0 Å². The Bertz CT molecular complexity index is 1060. The van der Waals surface area contributed by atoms with Crippen molar-refractivity contribution in [2.75, 3.05) is 0 Å². The van der Waals surface area contributed by atoms with E-state index in [4.69, 9.17) is 4.42 Å². The minimum absolute atomic E-state index is 0.0324. The zero-order valence-electron chi connectivity index (χ0n) is 15.1. The largest absolute Gasteiger partial charge is 0.468 e. The summed E-state index contributed by atoms with van der Waals surface area (Å²) in [6, 6.07) is 13.6. The minimum Gasteiger partial charge on any atom is -0.468 e. The number of halogens is 1. The van der Waals surface area contributed by atoms with E-state index in [0.29, 0.717) is 22.5 Å². The van der Waals surface area contributed by atoms with Gasteiger partial charge in [0.15, 0.2) is 0 Å². The van der Waals surface area contributed by atoms with Gasteiger partial charge in [0.2, 0.25) is 10.0 Å². The number of sulfonamides is 1. The third-order valence-electron chi connectivity index (χ3n) is 4.13. The number of furan rings is 1. The zero-order valence-corrected chi connectivity index (χ0v) is 15.9. The molecular formula is C20H19FN2O4S. The molecule has 2 N–H and O–H groups in total. The van der Waals surface area contributed by atoms with E-state index >= 15 is 0 Å². The SMILES string of the molecule is Cc1ccc(CNC(=O)c2ccc(S(=O)(=O)NCc3ccco3)cc2)cc1F. The van der Waals surface area contributed by atoms with Crippen LogP contribution in [0.2, 0.25) is 0 Å². The first-order valence-corrected chi connectivity index (χ1v) is 9.99. The molecule has 8 heteroatoms. The van der Waals surface area contributed by atoms with Crippen LogP contribution in [0.4, 0.5) is 4.39 Å². The fraction of sp³-hybridized carbons (Fsp3) is 0.150. The van der Waals surface area contributed by atoms with Crippen molar-refractivity contribution in [1.29, 1.82) is 0 Å². The van der Waals surface area contributed by atoms with Crippen molar-refractivity contribution in [1.82, 2.24) is 10.0 Å². The first kappa shape index (κ1) is 19.8. The van der Waals surface area contributed by atoms with Crippen LogP contribution in [0, 0.1) is 12.7 Å². The monoisotopic (exact) mass is 402 g/mol. The maximum atomic E-state index is 13.6. The number of carbonyl (C=O) groups excluding carboxylic acids is 1. The number of aryl methyl sites for hydroxylation is 1. The quantitative estimate of drug-likeness (QED) is 0.636. The molecule has 0 saturated heterocycles. The number of benzene rings is 2. The number of carbonyl (C=O) groups is 1. The molecule has 0 unspecified atom stereocenters. The lowest BCUT2D eigenvalue weighted by Gasteiger charge is -2.08. The van der Waals surface area contributed by atoms with E-state index in [2.05, 4.69) is 10.0 Å². The summed E-state index contributed by atoms with van der Waals surface area (Å²) >= 11 is 0. The van der Waals surface area contributed by atoms with Crippen LogP contribution in [0.15, 0.2) is 70.2 Å². The second kappa shape index (κ2) is 8.37. The van der Waals surface area contributed by atoms with Gasteiger partial charge in [-0.15, -0.1) is 0 Å². The van der Waals surface area contributed by atoms with Gasteiger partial charge in [-0.3, -0.25) is 4.79 Å². The summed E-state index contributed by atoms with van der Waals surface area (Å²) in [6.07, 6.45) is 1.46. The number of nitrogens with one attached hydrogen (secondary N) is 2. The van der Waals surface area contributed by atoms with Crippen LogP contribution in [-0.2, 0) is 23.1 Å². The molecule has 3 aromatic rings. The van der Waals surface area contributed by atoms with Crippen molar-refractivity contribution < 1.29 is 22.0 Å². The third kappa shape index (κ3) is 4.85. The average Bonchev–Trinajstić information content (AvgIpc) is 3.21. The van der Waals surface area contributed by atoms with Crippen molar-refractivity contribution >= 4 is 15.9 Å². The molecule has 0 aliphatic heterocycles. The Kier molecular flexibility index (Phi) is 5.91. The average molecular weight is 402 g/mol. The van der Waals surface area contributed by atoms with Gasteiger partial charge in [0.05, 0.1) is 17.7 Å². The van der Waals surface area contributed by atoms with Crippen molar-refractivity contribution in [2.24, 2.45) is 0 Å². The number of rotatable bonds is 7. The van der Waals surface area contributed by atoms with Crippen LogP contribution < -0.4 is 10.0 Å². The molecule has 1 aromatic heterocycles. The van der Waals surface area contributed by atoms with Gasteiger partial charge in [-0.25, -0.2) is 17.5 Å². The Morgan fingerprint density at radius 3 is 2.46 bits per heavy atom. The van der Waals surface area contributed by atoms with E-state index in [1.54, 1.807) is 31.2 Å². The molecule has 28 heavy (non-hydrogen) atoms. The second-order valence-corrected chi connectivity index (χ2v) is 7.96. The third-order valence-corrected chi connectivity index (χ3v) is 5.55. The molecule has 146 valence electrons. The Morgan fingerprint density at radius 1 is 1.07 bits per heavy atom. The van der Waals surface area contributed by atoms with E-state index in [-0.39, 0.29) is 29.7 Å². The molecule has 1 amide bonds. The highest BCUT2D eigenvalue weighted by Gasteiger charge is 2.15. The molecule has 0 radical (unpaired) electrons. The molecule has 3 rings (SSSR count). The summed E-state index contributed by atoms with van der Waals surface area (Å²) in [7, 11) is -3.73. The minimum atomic E-state index is -3.73. The predicted molar refractivity (Wildman–Crippen MR) is 101 cm³/mol. The summed E-state index contributed by atoms with van der Waals surface area (Å²) < 4.78 is 45.6. The summed E-state index contributed by atoms with van der Waals surface area (Å²) in [5.74, 6) is -0.219. The van der Waals surface area contributed by atoms with E-state index in [0.717, 1.165) is 0 Å². The van der Waals surface area contributed by atoms with E-state index in [1.165, 1.54) is 36.6 Å². The Morgan fingerprint density at radius 2 is 1.82 bits per heavy atom. The summed E-state index contributed by atoms with van der Waals surface area (Å²) in [4.78, 5) is 12.3. The van der Waals surface area contributed by atoms with Crippen molar-refractivity contribution in [2.45, 2.75) is 24.9 Å². The highest BCUT2D eigenvalue weighted by atomic mass is 32.2. The molecule has 6 nitrogen and oxygen atoms in total. The summed E-state index contributed by atoms with van der Waals surface area (Å²) in [5.41, 5.74) is 1.47. The Hall–Kier alpha value is -2.97. The highest BCUT2D eigenvalue weighted by Crippen LogP contribution is 2.13. The lowest BCUT2D eigenvalue weighted by Crippen LogP contribution is -2.24. The maximum absolute atomic E-state index is 13.6. The van der Waals surface area contributed by atoms with Crippen LogP contribution in [0.5, 0.6) is 0 Å². The molecule has 2 aromatic carbocycles. The fourth-order valence-corrected chi connectivity index (χ4v) is 3.47. The molecule has 0 atom stereocenters. The van der Waals surface area contributed by atoms with E-state index < -0.39 is 10.0 Å². The molecule has 0 spiro atoms. The molecule has 0 bridgehead atoms. The second-order valence-electron chi connectivity index (χ2n) is 6.19. The van der Waals surface area contributed by atoms with Crippen molar-refractivity contribution in [3.63, 3.8) is 0 Å². The van der Waals surface area contributed by atoms with Gasteiger partial charge in [-0.05, 0) is 60.5 Å². The van der Waals surface area contributed by atoms with Crippen LogP contribution in [0.25, 0.3) is 0 Å². The Labute approximate surface area is 162 Å². The van der Waals surface area contributed by atoms with Gasteiger partial charge in [0.1, 0.15) is 11.6 Å². The topological polar surface area (TPSA) is 88.4 Å². The van der Waals surface area contributed by atoms with Gasteiger partial charge in [0.25, 0.3) is 5.91 Å². The van der Waals surface area contributed by atoms with Crippen molar-refractivity contribution in [3.05, 3.63) is 89.1 Å².